The van der Waals surface area contributed by atoms with Crippen LogP contribution in [-0.2, 0) is 17.4 Å². The van der Waals surface area contributed by atoms with Gasteiger partial charge in [-0.1, -0.05) is 42.5 Å². The molecule has 27 heavy (non-hydrogen) atoms. The fraction of sp³-hybridized carbons (Fsp3) is 0.474. The average molecular weight is 397 g/mol. The van der Waals surface area contributed by atoms with Gasteiger partial charge in [0.1, 0.15) is 10.7 Å². The van der Waals surface area contributed by atoms with Crippen molar-refractivity contribution in [2.45, 2.75) is 39.4 Å². The third-order valence-corrected chi connectivity index (χ3v) is 5.97. The zero-order valence-corrected chi connectivity index (χ0v) is 16.3. The van der Waals surface area contributed by atoms with Crippen LogP contribution in [0, 0.1) is 0 Å². The molecule has 4 nitrogen and oxygen atoms in total. The Kier molecular flexibility index (Phi) is 5.46. The summed E-state index contributed by atoms with van der Waals surface area (Å²) in [6.45, 7) is 6.92. The molecule has 1 aromatic carbocycles. The molecule has 0 N–H and O–H groups in total. The number of anilines is 1. The van der Waals surface area contributed by atoms with Crippen molar-refractivity contribution in [3.8, 4) is 11.3 Å². The van der Waals surface area contributed by atoms with E-state index in [1.165, 1.54) is 6.92 Å². The quantitative estimate of drug-likeness (QED) is 0.768. The van der Waals surface area contributed by atoms with Crippen molar-refractivity contribution in [3.63, 3.8) is 0 Å². The lowest BCUT2D eigenvalue weighted by Crippen LogP contribution is -2.53. The van der Waals surface area contributed by atoms with Crippen molar-refractivity contribution >= 4 is 22.2 Å². The molecular formula is C19H22F3N3OS. The van der Waals surface area contributed by atoms with Gasteiger partial charge in [-0.2, -0.15) is 13.2 Å². The summed E-state index contributed by atoms with van der Waals surface area (Å²) in [4.78, 5) is 19.3. The zero-order valence-electron chi connectivity index (χ0n) is 15.5. The Labute approximate surface area is 160 Å². The Bertz CT molecular complexity index is 817. The summed E-state index contributed by atoms with van der Waals surface area (Å²) in [5.74, 6) is -0.0159. The molecule has 1 amide bonds. The van der Waals surface area contributed by atoms with Crippen LogP contribution in [0.4, 0.5) is 18.2 Å². The Morgan fingerprint density at radius 1 is 1.26 bits per heavy atom. The van der Waals surface area contributed by atoms with E-state index in [0.717, 1.165) is 12.0 Å². The minimum Gasteiger partial charge on any atom is -0.358 e. The van der Waals surface area contributed by atoms with Crippen LogP contribution in [-0.4, -0.2) is 41.5 Å². The molecule has 1 aliphatic heterocycles. The SMILES string of the molecule is CCc1ccc(-c2nc(C(F)(F)F)sc2N2CCN(C(C)=O)[C@H](C)C2)cc1. The van der Waals surface area contributed by atoms with Gasteiger partial charge in [-0.25, -0.2) is 4.98 Å². The third kappa shape index (κ3) is 4.10. The van der Waals surface area contributed by atoms with Gasteiger partial charge in [-0.3, -0.25) is 4.79 Å². The first-order valence-corrected chi connectivity index (χ1v) is 9.71. The molecule has 0 aliphatic carbocycles. The molecule has 1 atom stereocenters. The van der Waals surface area contributed by atoms with Crippen LogP contribution in [0.25, 0.3) is 11.3 Å². The molecule has 2 aromatic rings. The molecule has 8 heteroatoms. The average Bonchev–Trinajstić information content (AvgIpc) is 3.07. The van der Waals surface area contributed by atoms with Gasteiger partial charge in [-0.05, 0) is 18.9 Å². The van der Waals surface area contributed by atoms with E-state index in [-0.39, 0.29) is 11.9 Å². The van der Waals surface area contributed by atoms with Crippen molar-refractivity contribution in [2.24, 2.45) is 0 Å². The van der Waals surface area contributed by atoms with E-state index in [2.05, 4.69) is 4.98 Å². The largest absolute Gasteiger partial charge is 0.443 e. The number of thiazole rings is 1. The van der Waals surface area contributed by atoms with Crippen molar-refractivity contribution in [1.82, 2.24) is 9.88 Å². The molecule has 1 fully saturated rings. The van der Waals surface area contributed by atoms with E-state index in [1.54, 1.807) is 4.90 Å². The summed E-state index contributed by atoms with van der Waals surface area (Å²) in [6, 6.07) is 7.42. The lowest BCUT2D eigenvalue weighted by atomic mass is 10.1. The van der Waals surface area contributed by atoms with Gasteiger partial charge in [0.05, 0.1) is 0 Å². The van der Waals surface area contributed by atoms with Gasteiger partial charge in [0, 0.05) is 38.2 Å². The number of carbonyl (C=O) groups excluding carboxylic acids is 1. The van der Waals surface area contributed by atoms with Gasteiger partial charge >= 0.3 is 6.18 Å². The van der Waals surface area contributed by atoms with Crippen LogP contribution in [0.5, 0.6) is 0 Å². The van der Waals surface area contributed by atoms with E-state index >= 15 is 0 Å². The van der Waals surface area contributed by atoms with Crippen LogP contribution < -0.4 is 4.90 Å². The minimum absolute atomic E-state index is 0.0159. The topological polar surface area (TPSA) is 36.4 Å². The van der Waals surface area contributed by atoms with Gasteiger partial charge < -0.3 is 9.80 Å². The predicted octanol–water partition coefficient (Wildman–Crippen LogP) is 4.45. The Morgan fingerprint density at radius 2 is 1.93 bits per heavy atom. The molecular weight excluding hydrogens is 375 g/mol. The number of amides is 1. The van der Waals surface area contributed by atoms with Crippen LogP contribution >= 0.6 is 11.3 Å². The van der Waals surface area contributed by atoms with Crippen molar-refractivity contribution in [2.75, 3.05) is 24.5 Å². The maximum atomic E-state index is 13.3. The van der Waals surface area contributed by atoms with Crippen molar-refractivity contribution in [3.05, 3.63) is 34.8 Å². The number of hydrogen-bond donors (Lipinski definition) is 0. The number of aryl methyl sites for hydroxylation is 1. The van der Waals surface area contributed by atoms with E-state index < -0.39 is 11.2 Å². The molecule has 2 heterocycles. The summed E-state index contributed by atoms with van der Waals surface area (Å²) in [6.07, 6.45) is -3.61. The van der Waals surface area contributed by atoms with E-state index in [1.807, 2.05) is 43.0 Å². The van der Waals surface area contributed by atoms with E-state index in [9.17, 15) is 18.0 Å². The standard InChI is InChI=1S/C19H22F3N3OS/c1-4-14-5-7-15(8-6-14)16-17(27-18(23-16)19(20,21)22)24-9-10-25(13(3)26)12(2)11-24/h5-8,12H,4,9-11H2,1-3H3/t12-/m1/s1. The second kappa shape index (κ2) is 7.50. The summed E-state index contributed by atoms with van der Waals surface area (Å²) in [5.41, 5.74) is 2.16. The van der Waals surface area contributed by atoms with Gasteiger partial charge in [0.15, 0.2) is 0 Å². The number of rotatable bonds is 3. The molecule has 0 unspecified atom stereocenters. The highest BCUT2D eigenvalue weighted by Crippen LogP contribution is 2.43. The fourth-order valence-electron chi connectivity index (χ4n) is 3.34. The number of nitrogens with zero attached hydrogens (tertiary/aromatic N) is 3. The number of aromatic nitrogens is 1. The number of carbonyl (C=O) groups is 1. The smallest absolute Gasteiger partial charge is 0.358 e. The summed E-state index contributed by atoms with van der Waals surface area (Å²) in [7, 11) is 0. The first-order valence-electron chi connectivity index (χ1n) is 8.90. The molecule has 1 aromatic heterocycles. The second-order valence-corrected chi connectivity index (χ2v) is 7.71. The Balaban J connectivity index is 1.98. The molecule has 0 radical (unpaired) electrons. The molecule has 0 spiro atoms. The molecule has 1 saturated heterocycles. The highest BCUT2D eigenvalue weighted by Gasteiger charge is 2.38. The molecule has 1 aliphatic rings. The van der Waals surface area contributed by atoms with Crippen LogP contribution in [0.3, 0.4) is 0 Å². The summed E-state index contributed by atoms with van der Waals surface area (Å²) >= 11 is 0.676. The first-order chi connectivity index (χ1) is 12.7. The molecule has 3 rings (SSSR count). The second-order valence-electron chi connectivity index (χ2n) is 6.73. The fourth-order valence-corrected chi connectivity index (χ4v) is 4.33. The monoisotopic (exact) mass is 397 g/mol. The number of piperazine rings is 1. The van der Waals surface area contributed by atoms with Crippen LogP contribution in [0.1, 0.15) is 31.3 Å². The number of halogens is 3. The van der Waals surface area contributed by atoms with E-state index in [0.29, 0.717) is 47.2 Å². The summed E-state index contributed by atoms with van der Waals surface area (Å²) in [5, 5.41) is -0.324. The van der Waals surface area contributed by atoms with Gasteiger partial charge in [0.2, 0.25) is 10.9 Å². The minimum atomic E-state index is -4.48. The first kappa shape index (κ1) is 19.7. The Hall–Kier alpha value is -2.09. The number of benzene rings is 1. The third-order valence-electron chi connectivity index (χ3n) is 4.81. The number of alkyl halides is 3. The van der Waals surface area contributed by atoms with Crippen molar-refractivity contribution < 1.29 is 18.0 Å². The van der Waals surface area contributed by atoms with E-state index in [4.69, 9.17) is 0 Å². The maximum absolute atomic E-state index is 13.3. The van der Waals surface area contributed by atoms with Gasteiger partial charge in [0.25, 0.3) is 0 Å². The zero-order chi connectivity index (χ0) is 19.8. The van der Waals surface area contributed by atoms with Gasteiger partial charge in [-0.15, -0.1) is 0 Å². The normalized spacial score (nSPS) is 18.1. The molecule has 0 bridgehead atoms. The number of hydrogen-bond acceptors (Lipinski definition) is 4. The predicted molar refractivity (Wildman–Crippen MR) is 101 cm³/mol. The van der Waals surface area contributed by atoms with Crippen LogP contribution in [0.2, 0.25) is 0 Å². The lowest BCUT2D eigenvalue weighted by molar-refractivity contribution is -0.137. The maximum Gasteiger partial charge on any atom is 0.443 e. The van der Waals surface area contributed by atoms with Crippen LogP contribution in [0.15, 0.2) is 24.3 Å². The highest BCUT2D eigenvalue weighted by atomic mass is 32.1. The lowest BCUT2D eigenvalue weighted by Gasteiger charge is -2.40. The molecule has 0 saturated carbocycles. The van der Waals surface area contributed by atoms with Crippen molar-refractivity contribution in [1.29, 1.82) is 0 Å². The summed E-state index contributed by atoms with van der Waals surface area (Å²) < 4.78 is 39.9. The Morgan fingerprint density at radius 3 is 2.44 bits per heavy atom. The molecule has 146 valence electrons. The highest BCUT2D eigenvalue weighted by molar-refractivity contribution is 7.16.